The van der Waals surface area contributed by atoms with Crippen molar-refractivity contribution in [1.82, 2.24) is 0 Å². The van der Waals surface area contributed by atoms with Crippen LogP contribution in [0.4, 0.5) is 0 Å². The molecule has 4 rings (SSSR count). The van der Waals surface area contributed by atoms with Crippen molar-refractivity contribution in [3.8, 4) is 5.75 Å². The van der Waals surface area contributed by atoms with Gasteiger partial charge in [0.15, 0.2) is 0 Å². The van der Waals surface area contributed by atoms with Gasteiger partial charge in [-0.3, -0.25) is 4.79 Å². The van der Waals surface area contributed by atoms with Gasteiger partial charge < -0.3 is 4.74 Å². The fourth-order valence-corrected chi connectivity index (χ4v) is 3.88. The largest absolute Gasteiger partial charge is 0.426 e. The second-order valence-corrected chi connectivity index (χ2v) is 7.64. The first kappa shape index (κ1) is 18.2. The molecule has 2 heteroatoms. The van der Waals surface area contributed by atoms with Crippen molar-refractivity contribution in [2.45, 2.75) is 26.2 Å². The number of fused-ring (bicyclic) bond motifs is 1. The van der Waals surface area contributed by atoms with E-state index in [4.69, 9.17) is 4.74 Å². The van der Waals surface area contributed by atoms with Gasteiger partial charge >= 0.3 is 5.97 Å². The highest BCUT2D eigenvalue weighted by atomic mass is 16.5. The highest BCUT2D eigenvalue weighted by Gasteiger charge is 2.43. The van der Waals surface area contributed by atoms with Crippen LogP contribution in [0.1, 0.15) is 28.7 Å². The smallest absolute Gasteiger partial charge is 0.318 e. The molecule has 0 saturated carbocycles. The SMILES string of the molecule is Cc1ccc2c(c1)OC(=O)[C@@](C/C=C/c1ccccc1)(Cc1ccccc1)C2. The molecule has 0 fully saturated rings. The van der Waals surface area contributed by atoms with Gasteiger partial charge in [0.1, 0.15) is 5.75 Å². The van der Waals surface area contributed by atoms with Crippen LogP contribution in [0, 0.1) is 12.3 Å². The van der Waals surface area contributed by atoms with E-state index in [9.17, 15) is 4.79 Å². The molecule has 1 heterocycles. The zero-order valence-electron chi connectivity index (χ0n) is 16.1. The van der Waals surface area contributed by atoms with Gasteiger partial charge in [-0.2, -0.15) is 0 Å². The van der Waals surface area contributed by atoms with Crippen LogP contribution in [0.15, 0.2) is 84.9 Å². The van der Waals surface area contributed by atoms with Crippen molar-refractivity contribution in [1.29, 1.82) is 0 Å². The number of allylic oxidation sites excluding steroid dienone is 1. The summed E-state index contributed by atoms with van der Waals surface area (Å²) in [4.78, 5) is 13.2. The van der Waals surface area contributed by atoms with Crippen LogP contribution in [-0.2, 0) is 17.6 Å². The molecule has 2 nitrogen and oxygen atoms in total. The van der Waals surface area contributed by atoms with Crippen molar-refractivity contribution >= 4 is 12.0 Å². The maximum absolute atomic E-state index is 13.2. The lowest BCUT2D eigenvalue weighted by Crippen LogP contribution is -2.42. The number of benzene rings is 3. The Bertz CT molecular complexity index is 989. The topological polar surface area (TPSA) is 26.3 Å². The van der Waals surface area contributed by atoms with E-state index in [1.54, 1.807) is 0 Å². The van der Waals surface area contributed by atoms with Crippen molar-refractivity contribution in [3.63, 3.8) is 0 Å². The summed E-state index contributed by atoms with van der Waals surface area (Å²) in [5.74, 6) is 0.577. The lowest BCUT2D eigenvalue weighted by Gasteiger charge is -2.35. The Morgan fingerprint density at radius 2 is 1.68 bits per heavy atom. The number of hydrogen-bond acceptors (Lipinski definition) is 2. The van der Waals surface area contributed by atoms with E-state index in [0.29, 0.717) is 25.0 Å². The van der Waals surface area contributed by atoms with Gasteiger partial charge in [-0.15, -0.1) is 0 Å². The third kappa shape index (κ3) is 3.91. The molecule has 1 atom stereocenters. The van der Waals surface area contributed by atoms with E-state index < -0.39 is 5.41 Å². The number of carbonyl (C=O) groups excluding carboxylic acids is 1. The molecule has 0 bridgehead atoms. The van der Waals surface area contributed by atoms with Crippen molar-refractivity contribution < 1.29 is 9.53 Å². The van der Waals surface area contributed by atoms with Crippen LogP contribution >= 0.6 is 0 Å². The molecule has 0 spiro atoms. The number of hydrogen-bond donors (Lipinski definition) is 0. The number of carbonyl (C=O) groups is 1. The minimum atomic E-state index is -0.588. The molecule has 0 aromatic heterocycles. The molecular weight excluding hydrogens is 344 g/mol. The first-order valence-electron chi connectivity index (χ1n) is 9.72. The Morgan fingerprint density at radius 1 is 0.964 bits per heavy atom. The second-order valence-electron chi connectivity index (χ2n) is 7.64. The molecule has 28 heavy (non-hydrogen) atoms. The predicted molar refractivity (Wildman–Crippen MR) is 113 cm³/mol. The Labute approximate surface area is 166 Å². The minimum absolute atomic E-state index is 0.132. The summed E-state index contributed by atoms with van der Waals surface area (Å²) in [6.07, 6.45) is 6.20. The van der Waals surface area contributed by atoms with E-state index in [1.807, 2.05) is 49.4 Å². The summed E-state index contributed by atoms with van der Waals surface area (Å²) in [6, 6.07) is 26.5. The van der Waals surface area contributed by atoms with Crippen LogP contribution in [0.5, 0.6) is 5.75 Å². The maximum Gasteiger partial charge on any atom is 0.318 e. The lowest BCUT2D eigenvalue weighted by atomic mass is 9.72. The fraction of sp³-hybridized carbons (Fsp3) is 0.192. The van der Waals surface area contributed by atoms with Gasteiger partial charge in [0, 0.05) is 0 Å². The quantitative estimate of drug-likeness (QED) is 0.421. The first-order valence-corrected chi connectivity index (χ1v) is 9.72. The van der Waals surface area contributed by atoms with Crippen molar-refractivity contribution in [2.24, 2.45) is 5.41 Å². The van der Waals surface area contributed by atoms with Gasteiger partial charge in [-0.1, -0.05) is 84.9 Å². The van der Waals surface area contributed by atoms with Gasteiger partial charge in [0.05, 0.1) is 5.41 Å². The van der Waals surface area contributed by atoms with Gasteiger partial charge in [0.25, 0.3) is 0 Å². The first-order chi connectivity index (χ1) is 13.6. The Kier molecular flexibility index (Phi) is 5.12. The van der Waals surface area contributed by atoms with Gasteiger partial charge in [-0.25, -0.2) is 0 Å². The zero-order chi connectivity index (χ0) is 19.4. The Morgan fingerprint density at radius 3 is 2.43 bits per heavy atom. The number of ether oxygens (including phenoxy) is 1. The molecular formula is C26H24O2. The van der Waals surface area contributed by atoms with Crippen LogP contribution in [0.3, 0.4) is 0 Å². The number of aryl methyl sites for hydroxylation is 1. The predicted octanol–water partition coefficient (Wildman–Crippen LogP) is 5.79. The molecule has 0 aliphatic carbocycles. The van der Waals surface area contributed by atoms with E-state index in [-0.39, 0.29) is 5.97 Å². The lowest BCUT2D eigenvalue weighted by molar-refractivity contribution is -0.147. The van der Waals surface area contributed by atoms with Gasteiger partial charge in [-0.05, 0) is 54.5 Å². The van der Waals surface area contributed by atoms with Crippen LogP contribution in [-0.4, -0.2) is 5.97 Å². The van der Waals surface area contributed by atoms with Crippen molar-refractivity contribution in [3.05, 3.63) is 107 Å². The Hall–Kier alpha value is -3.13. The van der Waals surface area contributed by atoms with E-state index in [0.717, 1.165) is 22.3 Å². The maximum atomic E-state index is 13.2. The molecule has 3 aromatic rings. The van der Waals surface area contributed by atoms with E-state index >= 15 is 0 Å². The van der Waals surface area contributed by atoms with Crippen LogP contribution in [0.25, 0.3) is 6.08 Å². The highest BCUT2D eigenvalue weighted by molar-refractivity contribution is 5.83. The Balaban J connectivity index is 1.66. The molecule has 1 aliphatic rings. The fourth-order valence-electron chi connectivity index (χ4n) is 3.88. The molecule has 0 N–H and O–H groups in total. The summed E-state index contributed by atoms with van der Waals surface area (Å²) < 4.78 is 5.83. The monoisotopic (exact) mass is 368 g/mol. The zero-order valence-corrected chi connectivity index (χ0v) is 16.1. The van der Waals surface area contributed by atoms with E-state index in [2.05, 4.69) is 48.6 Å². The highest BCUT2D eigenvalue weighted by Crippen LogP contribution is 2.41. The summed E-state index contributed by atoms with van der Waals surface area (Å²) in [7, 11) is 0. The number of esters is 1. The molecule has 0 radical (unpaired) electrons. The summed E-state index contributed by atoms with van der Waals surface area (Å²) >= 11 is 0. The second kappa shape index (κ2) is 7.85. The number of rotatable bonds is 5. The summed E-state index contributed by atoms with van der Waals surface area (Å²) in [6.45, 7) is 2.02. The summed E-state index contributed by atoms with van der Waals surface area (Å²) in [5, 5.41) is 0. The van der Waals surface area contributed by atoms with Crippen molar-refractivity contribution in [2.75, 3.05) is 0 Å². The molecule has 3 aromatic carbocycles. The van der Waals surface area contributed by atoms with Gasteiger partial charge in [0.2, 0.25) is 0 Å². The minimum Gasteiger partial charge on any atom is -0.426 e. The molecule has 0 unspecified atom stereocenters. The standard InChI is InChI=1S/C26H24O2/c1-20-14-15-23-19-26(25(27)28-24(23)17-20,18-22-11-6-3-7-12-22)16-8-13-21-9-4-2-5-10-21/h2-15,17H,16,18-19H2,1H3/b13-8+/t26-/m0/s1. The average molecular weight is 368 g/mol. The molecule has 0 saturated heterocycles. The third-order valence-electron chi connectivity index (χ3n) is 5.39. The van der Waals surface area contributed by atoms with Crippen LogP contribution in [0.2, 0.25) is 0 Å². The summed E-state index contributed by atoms with van der Waals surface area (Å²) in [5.41, 5.74) is 3.91. The molecule has 1 aliphatic heterocycles. The van der Waals surface area contributed by atoms with E-state index in [1.165, 1.54) is 0 Å². The average Bonchev–Trinajstić information content (AvgIpc) is 2.71. The molecule has 140 valence electrons. The molecule has 0 amide bonds. The normalized spacial score (nSPS) is 18.7. The third-order valence-corrected chi connectivity index (χ3v) is 5.39. The van der Waals surface area contributed by atoms with Crippen LogP contribution < -0.4 is 4.74 Å².